The fourth-order valence-electron chi connectivity index (χ4n) is 6.29. The third-order valence-corrected chi connectivity index (χ3v) is 8.08. The molecule has 4 heteroatoms. The highest BCUT2D eigenvalue weighted by Crippen LogP contribution is 2.42. The topological polar surface area (TPSA) is 45.7 Å². The molecule has 0 atom stereocenters. The van der Waals surface area contributed by atoms with Crippen LogP contribution in [-0.4, -0.2) is 15.0 Å². The number of nitrogens with one attached hydrogen (secondary N) is 2. The Morgan fingerprint density at radius 1 is 0.667 bits per heavy atom. The maximum atomic E-state index is 9.02. The Kier molecular flexibility index (Phi) is 4.76. The predicted octanol–water partition coefficient (Wildman–Crippen LogP) is 8.13. The van der Waals surface area contributed by atoms with Gasteiger partial charge in [-0.2, -0.15) is 0 Å². The fourth-order valence-corrected chi connectivity index (χ4v) is 6.29. The van der Waals surface area contributed by atoms with Crippen molar-refractivity contribution in [3.8, 4) is 5.69 Å². The summed E-state index contributed by atoms with van der Waals surface area (Å²) in [5, 5.41) is 12.9. The van der Waals surface area contributed by atoms with E-state index < -0.39 is 0 Å². The van der Waals surface area contributed by atoms with E-state index in [1.165, 1.54) is 43.8 Å². The number of fused-ring (bicyclic) bond motifs is 2. The van der Waals surface area contributed by atoms with E-state index in [-0.39, 0.29) is 0 Å². The highest BCUT2D eigenvalue weighted by molar-refractivity contribution is 6.21. The van der Waals surface area contributed by atoms with Crippen LogP contribution in [0.1, 0.15) is 22.3 Å². The van der Waals surface area contributed by atoms with Gasteiger partial charge in [0.1, 0.15) is 0 Å². The quantitative estimate of drug-likeness (QED) is 0.229. The SMILES string of the molecule is N=C(c1ccccc1)c1ccccc1Nn1c2cccc3c2c2c(cc4c(ccn4-c4ccccc4)c21)CC3. The number of aryl methyl sites for hydroxylation is 2. The van der Waals surface area contributed by atoms with Crippen LogP contribution in [0.5, 0.6) is 0 Å². The molecule has 8 rings (SSSR count). The van der Waals surface area contributed by atoms with Crippen molar-refractivity contribution < 1.29 is 0 Å². The van der Waals surface area contributed by atoms with E-state index >= 15 is 0 Å². The van der Waals surface area contributed by atoms with E-state index in [2.05, 4.69) is 87.6 Å². The summed E-state index contributed by atoms with van der Waals surface area (Å²) in [5.74, 6) is 0. The molecule has 4 nitrogen and oxygen atoms in total. The number of hydrogen-bond donors (Lipinski definition) is 2. The average molecular weight is 503 g/mol. The second kappa shape index (κ2) is 8.47. The molecule has 1 aliphatic rings. The van der Waals surface area contributed by atoms with Crippen molar-refractivity contribution in [1.29, 1.82) is 5.41 Å². The zero-order valence-corrected chi connectivity index (χ0v) is 21.4. The van der Waals surface area contributed by atoms with Gasteiger partial charge in [-0.3, -0.25) is 15.5 Å². The zero-order valence-electron chi connectivity index (χ0n) is 21.4. The van der Waals surface area contributed by atoms with Gasteiger partial charge in [0, 0.05) is 39.2 Å². The Morgan fingerprint density at radius 3 is 2.26 bits per heavy atom. The van der Waals surface area contributed by atoms with Gasteiger partial charge in [-0.05, 0) is 60.4 Å². The summed E-state index contributed by atoms with van der Waals surface area (Å²) >= 11 is 0. The fraction of sp³-hybridized carbons (Fsp3) is 0.0571. The molecule has 1 aliphatic carbocycles. The highest BCUT2D eigenvalue weighted by Gasteiger charge is 2.24. The molecule has 0 aliphatic heterocycles. The standard InChI is InChI=1S/C35H26N4/c36-34(24-10-3-1-4-11-24)27-15-7-8-16-29(27)37-39-30-17-9-12-23-18-19-25-22-31-28(35(39)33(25)32(23)30)20-21-38(31)26-13-5-2-6-14-26/h1-17,20-22,36-37H,18-19H2. The molecule has 0 amide bonds. The Bertz CT molecular complexity index is 2050. The van der Waals surface area contributed by atoms with Crippen LogP contribution in [0.2, 0.25) is 0 Å². The molecule has 0 fully saturated rings. The van der Waals surface area contributed by atoms with Gasteiger partial charge < -0.3 is 4.57 Å². The van der Waals surface area contributed by atoms with E-state index in [1.54, 1.807) is 0 Å². The van der Waals surface area contributed by atoms with Crippen LogP contribution in [0.3, 0.4) is 0 Å². The van der Waals surface area contributed by atoms with Gasteiger partial charge >= 0.3 is 0 Å². The lowest BCUT2D eigenvalue weighted by Crippen LogP contribution is -2.13. The van der Waals surface area contributed by atoms with Crippen molar-refractivity contribution in [2.45, 2.75) is 12.8 Å². The van der Waals surface area contributed by atoms with Gasteiger partial charge in [0.25, 0.3) is 0 Å². The first-order chi connectivity index (χ1) is 19.3. The van der Waals surface area contributed by atoms with Crippen LogP contribution in [0.15, 0.2) is 121 Å². The lowest BCUT2D eigenvalue weighted by Gasteiger charge is -2.17. The van der Waals surface area contributed by atoms with E-state index in [1.807, 2.05) is 48.5 Å². The lowest BCUT2D eigenvalue weighted by molar-refractivity contribution is 0.969. The molecule has 2 N–H and O–H groups in total. The van der Waals surface area contributed by atoms with Crippen molar-refractivity contribution in [2.75, 3.05) is 5.43 Å². The minimum atomic E-state index is 0.505. The maximum absolute atomic E-state index is 9.02. The third-order valence-electron chi connectivity index (χ3n) is 8.08. The second-order valence-electron chi connectivity index (χ2n) is 10.3. The van der Waals surface area contributed by atoms with Crippen LogP contribution in [0, 0.1) is 5.41 Å². The first kappa shape index (κ1) is 21.9. The van der Waals surface area contributed by atoms with Gasteiger partial charge in [-0.1, -0.05) is 78.9 Å². The molecule has 0 radical (unpaired) electrons. The molecule has 7 aromatic rings. The molecule has 0 unspecified atom stereocenters. The molecule has 0 spiro atoms. The first-order valence-corrected chi connectivity index (χ1v) is 13.4. The largest absolute Gasteiger partial charge is 0.316 e. The molecule has 186 valence electrons. The first-order valence-electron chi connectivity index (χ1n) is 13.4. The average Bonchev–Trinajstić information content (AvgIpc) is 3.57. The maximum Gasteiger partial charge on any atom is 0.0806 e. The van der Waals surface area contributed by atoms with Crippen molar-refractivity contribution >= 4 is 44.1 Å². The minimum absolute atomic E-state index is 0.505. The van der Waals surface area contributed by atoms with Gasteiger partial charge in [0.15, 0.2) is 0 Å². The van der Waals surface area contributed by atoms with Crippen LogP contribution < -0.4 is 5.43 Å². The number of anilines is 1. The van der Waals surface area contributed by atoms with Crippen LogP contribution in [0.4, 0.5) is 5.69 Å². The smallest absolute Gasteiger partial charge is 0.0806 e. The van der Waals surface area contributed by atoms with Gasteiger partial charge in [-0.15, -0.1) is 0 Å². The van der Waals surface area contributed by atoms with Crippen molar-refractivity contribution in [3.63, 3.8) is 0 Å². The summed E-state index contributed by atoms with van der Waals surface area (Å²) < 4.78 is 4.56. The third kappa shape index (κ3) is 3.28. The van der Waals surface area contributed by atoms with Gasteiger partial charge in [0.2, 0.25) is 0 Å². The molecular formula is C35H26N4. The second-order valence-corrected chi connectivity index (χ2v) is 10.3. The molecule has 0 saturated carbocycles. The van der Waals surface area contributed by atoms with Crippen molar-refractivity contribution in [3.05, 3.63) is 144 Å². The molecule has 2 aromatic heterocycles. The summed E-state index contributed by atoms with van der Waals surface area (Å²) in [6, 6.07) is 39.9. The molecule has 39 heavy (non-hydrogen) atoms. The summed E-state index contributed by atoms with van der Waals surface area (Å²) in [4.78, 5) is 0. The number of nitrogens with zero attached hydrogens (tertiary/aromatic N) is 2. The monoisotopic (exact) mass is 502 g/mol. The molecule has 2 heterocycles. The van der Waals surface area contributed by atoms with E-state index in [9.17, 15) is 0 Å². The molecule has 0 bridgehead atoms. The van der Waals surface area contributed by atoms with Crippen LogP contribution in [0.25, 0.3) is 38.4 Å². The van der Waals surface area contributed by atoms with Crippen molar-refractivity contribution in [1.82, 2.24) is 9.24 Å². The Hall–Kier alpha value is -5.09. The summed E-state index contributed by atoms with van der Waals surface area (Å²) in [6.45, 7) is 0. The van der Waals surface area contributed by atoms with Gasteiger partial charge in [0.05, 0.1) is 27.9 Å². The minimum Gasteiger partial charge on any atom is -0.316 e. The normalized spacial score (nSPS) is 12.5. The summed E-state index contributed by atoms with van der Waals surface area (Å²) in [5.41, 5.74) is 14.5. The van der Waals surface area contributed by atoms with Gasteiger partial charge in [-0.25, -0.2) is 0 Å². The van der Waals surface area contributed by atoms with E-state index in [0.717, 1.165) is 35.3 Å². The Balaban J connectivity index is 1.40. The zero-order chi connectivity index (χ0) is 25.9. The number of para-hydroxylation sites is 2. The number of benzene rings is 5. The Labute approximate surface area is 226 Å². The molecular weight excluding hydrogens is 476 g/mol. The lowest BCUT2D eigenvalue weighted by atomic mass is 9.90. The number of hydrogen-bond acceptors (Lipinski definition) is 2. The summed E-state index contributed by atoms with van der Waals surface area (Å²) in [6.07, 6.45) is 4.25. The van der Waals surface area contributed by atoms with Crippen LogP contribution >= 0.6 is 0 Å². The summed E-state index contributed by atoms with van der Waals surface area (Å²) in [7, 11) is 0. The Morgan fingerprint density at radius 2 is 1.41 bits per heavy atom. The number of aromatic nitrogens is 2. The highest BCUT2D eigenvalue weighted by atomic mass is 15.4. The van der Waals surface area contributed by atoms with Crippen molar-refractivity contribution in [2.24, 2.45) is 0 Å². The van der Waals surface area contributed by atoms with Crippen LogP contribution in [-0.2, 0) is 12.8 Å². The van der Waals surface area contributed by atoms with E-state index in [4.69, 9.17) is 5.41 Å². The number of rotatable bonds is 5. The van der Waals surface area contributed by atoms with E-state index in [0.29, 0.717) is 5.71 Å². The predicted molar refractivity (Wildman–Crippen MR) is 162 cm³/mol. The molecule has 0 saturated heterocycles. The molecule has 5 aromatic carbocycles.